The molecule has 1 aromatic heterocycles. The Balaban J connectivity index is 1.43. The Morgan fingerprint density at radius 2 is 2.00 bits per heavy atom. The highest BCUT2D eigenvalue weighted by Crippen LogP contribution is 2.29. The first-order valence-electron chi connectivity index (χ1n) is 11.1. The maximum absolute atomic E-state index is 12.9. The first-order chi connectivity index (χ1) is 16.0. The van der Waals surface area contributed by atoms with Crippen molar-refractivity contribution in [2.24, 2.45) is 16.8 Å². The van der Waals surface area contributed by atoms with E-state index in [2.05, 4.69) is 31.3 Å². The van der Waals surface area contributed by atoms with Crippen LogP contribution in [-0.2, 0) is 17.8 Å². The van der Waals surface area contributed by atoms with Gasteiger partial charge in [-0.15, -0.1) is 0 Å². The third-order valence-corrected chi connectivity index (χ3v) is 6.99. The van der Waals surface area contributed by atoms with Gasteiger partial charge in [-0.25, -0.2) is 24.1 Å². The van der Waals surface area contributed by atoms with Gasteiger partial charge in [0, 0.05) is 29.5 Å². The number of rotatable bonds is 6. The number of carbonyl (C=O) groups is 2. The topological polar surface area (TPSA) is 117 Å². The molecule has 1 saturated carbocycles. The summed E-state index contributed by atoms with van der Waals surface area (Å²) in [5.74, 6) is -0.387. The molecule has 1 aliphatic heterocycles. The lowest BCUT2D eigenvalue weighted by Crippen LogP contribution is -2.45. The van der Waals surface area contributed by atoms with Gasteiger partial charge in [-0.05, 0) is 55.4 Å². The monoisotopic (exact) mass is 515 g/mol. The molecule has 9 nitrogen and oxygen atoms in total. The molecule has 2 aliphatic rings. The van der Waals surface area contributed by atoms with E-state index >= 15 is 0 Å². The molecule has 0 radical (unpaired) electrons. The van der Waals surface area contributed by atoms with Crippen LogP contribution in [0.2, 0.25) is 0 Å². The molecule has 2 unspecified atom stereocenters. The van der Waals surface area contributed by atoms with Gasteiger partial charge >= 0.3 is 12.0 Å². The summed E-state index contributed by atoms with van der Waals surface area (Å²) < 4.78 is 2.60. The van der Waals surface area contributed by atoms with Crippen LogP contribution >= 0.6 is 15.9 Å². The summed E-state index contributed by atoms with van der Waals surface area (Å²) in [5, 5.41) is 17.1. The minimum Gasteiger partial charge on any atom is -0.476 e. The lowest BCUT2D eigenvalue weighted by Gasteiger charge is -2.31. The highest BCUT2D eigenvalue weighted by molar-refractivity contribution is 9.10. The number of benzene rings is 1. The number of carboxylic acids is 1. The number of aromatic carboxylic acids is 1. The van der Waals surface area contributed by atoms with E-state index in [0.29, 0.717) is 43.5 Å². The first-order valence-corrected chi connectivity index (χ1v) is 11.9. The van der Waals surface area contributed by atoms with E-state index in [1.807, 2.05) is 24.3 Å². The molecule has 2 aromatic rings. The standard InChI is InChI=1S/C23H26BrN5O4/c24-17-4-6-18(7-5-17)29-20-8-9-28(13-19(20)21(27-29)22(31)32)23(33)26-12-16-3-1-2-15(10-16)11-25-14-30/h4-7,15-16H,1-3,8-13H2,(H,26,33)(H,31,32). The van der Waals surface area contributed by atoms with Crippen LogP contribution in [0.15, 0.2) is 33.7 Å². The zero-order chi connectivity index (χ0) is 23.4. The molecule has 2 N–H and O–H groups in total. The molecule has 2 amide bonds. The van der Waals surface area contributed by atoms with Crippen molar-refractivity contribution in [3.05, 3.63) is 45.7 Å². The van der Waals surface area contributed by atoms with Gasteiger partial charge in [0.05, 0.1) is 24.5 Å². The molecule has 0 saturated heterocycles. The molecule has 0 bridgehead atoms. The van der Waals surface area contributed by atoms with Crippen LogP contribution < -0.4 is 5.32 Å². The first kappa shape index (κ1) is 23.2. The number of hydrogen-bond donors (Lipinski definition) is 2. The zero-order valence-electron chi connectivity index (χ0n) is 18.2. The van der Waals surface area contributed by atoms with Crippen molar-refractivity contribution in [2.75, 3.05) is 19.6 Å². The molecular weight excluding hydrogens is 490 g/mol. The summed E-state index contributed by atoms with van der Waals surface area (Å²) in [6.07, 6.45) is 6.20. The number of nitrogens with one attached hydrogen (secondary N) is 1. The van der Waals surface area contributed by atoms with Crippen molar-refractivity contribution in [3.8, 4) is 5.69 Å². The molecule has 10 heteroatoms. The minimum absolute atomic E-state index is 0.0173. The average Bonchev–Trinajstić information content (AvgIpc) is 3.21. The number of amides is 2. The summed E-state index contributed by atoms with van der Waals surface area (Å²) in [5.41, 5.74) is 2.17. The molecule has 1 aliphatic carbocycles. The quantitative estimate of drug-likeness (QED) is 0.450. The number of aliphatic imine (C=N–C) groups is 1. The number of urea groups is 1. The predicted molar refractivity (Wildman–Crippen MR) is 124 cm³/mol. The summed E-state index contributed by atoms with van der Waals surface area (Å²) in [6, 6.07) is 7.32. The van der Waals surface area contributed by atoms with E-state index in [4.69, 9.17) is 0 Å². The fourth-order valence-corrected chi connectivity index (χ4v) is 5.09. The summed E-state index contributed by atoms with van der Waals surface area (Å²) >= 11 is 3.41. The molecule has 1 aromatic carbocycles. The van der Waals surface area contributed by atoms with Gasteiger partial charge in [0.15, 0.2) is 5.69 Å². The van der Waals surface area contributed by atoms with Crippen molar-refractivity contribution in [1.29, 1.82) is 0 Å². The Morgan fingerprint density at radius 3 is 2.73 bits per heavy atom. The number of isocyanates is 1. The average molecular weight is 516 g/mol. The van der Waals surface area contributed by atoms with Crippen LogP contribution in [0.25, 0.3) is 5.69 Å². The Bertz CT molecular complexity index is 1080. The third kappa shape index (κ3) is 5.34. The molecule has 33 heavy (non-hydrogen) atoms. The van der Waals surface area contributed by atoms with Crippen LogP contribution in [0.5, 0.6) is 0 Å². The van der Waals surface area contributed by atoms with Crippen molar-refractivity contribution in [3.63, 3.8) is 0 Å². The van der Waals surface area contributed by atoms with Gasteiger partial charge in [-0.3, -0.25) is 0 Å². The molecule has 1 fully saturated rings. The van der Waals surface area contributed by atoms with Gasteiger partial charge in [-0.2, -0.15) is 5.10 Å². The molecule has 2 atom stereocenters. The maximum Gasteiger partial charge on any atom is 0.356 e. The van der Waals surface area contributed by atoms with Crippen molar-refractivity contribution in [1.82, 2.24) is 20.0 Å². The Morgan fingerprint density at radius 1 is 1.24 bits per heavy atom. The van der Waals surface area contributed by atoms with E-state index < -0.39 is 5.97 Å². The van der Waals surface area contributed by atoms with Crippen LogP contribution in [0.3, 0.4) is 0 Å². The summed E-state index contributed by atoms with van der Waals surface area (Å²) in [6.45, 7) is 1.76. The highest BCUT2D eigenvalue weighted by atomic mass is 79.9. The second kappa shape index (κ2) is 10.3. The van der Waals surface area contributed by atoms with Crippen molar-refractivity contribution < 1.29 is 19.5 Å². The smallest absolute Gasteiger partial charge is 0.356 e. The normalized spacial score (nSPS) is 20.0. The lowest BCUT2D eigenvalue weighted by molar-refractivity contribution is 0.0687. The van der Waals surface area contributed by atoms with Crippen LogP contribution in [-0.4, -0.2) is 57.5 Å². The largest absolute Gasteiger partial charge is 0.476 e. The predicted octanol–water partition coefficient (Wildman–Crippen LogP) is 3.54. The van der Waals surface area contributed by atoms with Crippen molar-refractivity contribution in [2.45, 2.75) is 38.6 Å². The Hall–Kier alpha value is -2.97. The van der Waals surface area contributed by atoms with Crippen LogP contribution in [0.1, 0.15) is 47.4 Å². The number of aromatic nitrogens is 2. The zero-order valence-corrected chi connectivity index (χ0v) is 19.8. The van der Waals surface area contributed by atoms with Gasteiger partial charge < -0.3 is 15.3 Å². The van der Waals surface area contributed by atoms with E-state index in [-0.39, 0.29) is 18.3 Å². The summed E-state index contributed by atoms with van der Waals surface area (Å²) in [7, 11) is 0. The second-order valence-corrected chi connectivity index (χ2v) is 9.57. The molecule has 4 rings (SSSR count). The van der Waals surface area contributed by atoms with Crippen molar-refractivity contribution >= 4 is 34.0 Å². The Labute approximate surface area is 200 Å². The Kier molecular flexibility index (Phi) is 7.25. The van der Waals surface area contributed by atoms with E-state index in [9.17, 15) is 19.5 Å². The van der Waals surface area contributed by atoms with Crippen LogP contribution in [0, 0.1) is 11.8 Å². The fraction of sp³-hybridized carbons (Fsp3) is 0.478. The SMILES string of the molecule is O=C=NCC1CCCC(CNC(=O)N2CCc3c(c(C(=O)O)nn3-c3ccc(Br)cc3)C2)C1. The highest BCUT2D eigenvalue weighted by Gasteiger charge is 2.31. The number of carbonyl (C=O) groups excluding carboxylic acids is 2. The minimum atomic E-state index is -1.10. The van der Waals surface area contributed by atoms with E-state index in [1.165, 1.54) is 0 Å². The molecule has 0 spiro atoms. The number of carboxylic acid groups (broad SMARTS) is 1. The third-order valence-electron chi connectivity index (χ3n) is 6.47. The maximum atomic E-state index is 12.9. The number of hydrogen-bond acceptors (Lipinski definition) is 5. The fourth-order valence-electron chi connectivity index (χ4n) is 4.82. The second-order valence-electron chi connectivity index (χ2n) is 8.66. The number of nitrogens with zero attached hydrogens (tertiary/aromatic N) is 4. The van der Waals surface area contributed by atoms with Gasteiger partial charge in [0.25, 0.3) is 0 Å². The van der Waals surface area contributed by atoms with E-state index in [0.717, 1.165) is 41.5 Å². The van der Waals surface area contributed by atoms with Gasteiger partial charge in [0.1, 0.15) is 0 Å². The number of fused-ring (bicyclic) bond motifs is 1. The van der Waals surface area contributed by atoms with Crippen LogP contribution in [0.4, 0.5) is 4.79 Å². The van der Waals surface area contributed by atoms with E-state index in [1.54, 1.807) is 15.7 Å². The summed E-state index contributed by atoms with van der Waals surface area (Å²) in [4.78, 5) is 40.4. The lowest BCUT2D eigenvalue weighted by atomic mass is 9.81. The molecule has 2 heterocycles. The molecular formula is C23H26BrN5O4. The van der Waals surface area contributed by atoms with Gasteiger partial charge in [-0.1, -0.05) is 22.4 Å². The molecule has 174 valence electrons. The number of halogens is 1. The van der Waals surface area contributed by atoms with Gasteiger partial charge in [0.2, 0.25) is 6.08 Å².